The summed E-state index contributed by atoms with van der Waals surface area (Å²) in [6.45, 7) is 0.821. The van der Waals surface area contributed by atoms with Crippen LogP contribution in [0.1, 0.15) is 44.9 Å². The van der Waals surface area contributed by atoms with Crippen molar-refractivity contribution in [3.8, 4) is 0 Å². The van der Waals surface area contributed by atoms with E-state index in [0.29, 0.717) is 24.5 Å². The van der Waals surface area contributed by atoms with E-state index >= 15 is 0 Å². The minimum atomic E-state index is -0.340. The highest BCUT2D eigenvalue weighted by Gasteiger charge is 2.58. The monoisotopic (exact) mass is 207 g/mol. The van der Waals surface area contributed by atoms with Crippen molar-refractivity contribution in [3.05, 3.63) is 0 Å². The molecule has 0 bridgehead atoms. The van der Waals surface area contributed by atoms with Gasteiger partial charge in [-0.2, -0.15) is 0 Å². The average Bonchev–Trinajstić information content (AvgIpc) is 2.65. The predicted octanol–water partition coefficient (Wildman–Crippen LogP) is 1.51. The molecule has 2 saturated heterocycles. The average molecular weight is 207 g/mol. The number of carbonyl (C=O) groups is 2. The second kappa shape index (κ2) is 3.06. The molecule has 0 aromatic rings. The molecule has 3 heteroatoms. The number of hydrogen-bond acceptors (Lipinski definition) is 2. The van der Waals surface area contributed by atoms with Crippen molar-refractivity contribution in [1.82, 2.24) is 4.90 Å². The van der Waals surface area contributed by atoms with E-state index in [4.69, 9.17) is 0 Å². The van der Waals surface area contributed by atoms with E-state index in [1.807, 2.05) is 4.90 Å². The summed E-state index contributed by atoms with van der Waals surface area (Å²) in [5, 5.41) is 0. The largest absolute Gasteiger partial charge is 0.330 e. The lowest BCUT2D eigenvalue weighted by Crippen LogP contribution is -2.52. The summed E-state index contributed by atoms with van der Waals surface area (Å²) in [6, 6.07) is 0. The first kappa shape index (κ1) is 9.37. The number of nitrogens with zero attached hydrogens (tertiary/aromatic N) is 1. The maximum absolute atomic E-state index is 12.1. The SMILES string of the molecule is O=C1CC[C@@]23C(=O)CCC2CCCCN13. The third-order valence-corrected chi connectivity index (χ3v) is 4.57. The summed E-state index contributed by atoms with van der Waals surface area (Å²) >= 11 is 0. The predicted molar refractivity (Wildman–Crippen MR) is 55.3 cm³/mol. The van der Waals surface area contributed by atoms with Crippen LogP contribution < -0.4 is 0 Å². The third kappa shape index (κ3) is 1.06. The fourth-order valence-corrected chi connectivity index (χ4v) is 3.86. The highest BCUT2D eigenvalue weighted by atomic mass is 16.2. The molecule has 2 heterocycles. The standard InChI is InChI=1S/C12H17NO2/c14-10-5-4-9-3-1-2-8-13-11(15)6-7-12(9,10)13/h9H,1-8H2/t9?,12-/m0/s1. The molecule has 1 unspecified atom stereocenters. The van der Waals surface area contributed by atoms with Crippen LogP contribution in [-0.2, 0) is 9.59 Å². The Bertz CT molecular complexity index is 326. The van der Waals surface area contributed by atoms with Crippen molar-refractivity contribution in [2.24, 2.45) is 5.92 Å². The Morgan fingerprint density at radius 2 is 2.00 bits per heavy atom. The van der Waals surface area contributed by atoms with Gasteiger partial charge in [-0.1, -0.05) is 6.42 Å². The summed E-state index contributed by atoms with van der Waals surface area (Å²) in [5.41, 5.74) is -0.340. The molecule has 3 nitrogen and oxygen atoms in total. The topological polar surface area (TPSA) is 37.4 Å². The van der Waals surface area contributed by atoms with Crippen molar-refractivity contribution in [1.29, 1.82) is 0 Å². The highest BCUT2D eigenvalue weighted by Crippen LogP contribution is 2.48. The molecule has 1 saturated carbocycles. The number of Topliss-reactive ketones (excluding diaryl/α,β-unsaturated/α-hetero) is 1. The lowest BCUT2D eigenvalue weighted by molar-refractivity contribution is -0.139. The van der Waals surface area contributed by atoms with Gasteiger partial charge < -0.3 is 4.90 Å². The second-order valence-electron chi connectivity index (χ2n) is 5.12. The second-order valence-corrected chi connectivity index (χ2v) is 5.12. The smallest absolute Gasteiger partial charge is 0.223 e. The van der Waals surface area contributed by atoms with Gasteiger partial charge in [-0.05, 0) is 31.6 Å². The van der Waals surface area contributed by atoms with Crippen LogP contribution in [0.3, 0.4) is 0 Å². The Kier molecular flexibility index (Phi) is 1.91. The van der Waals surface area contributed by atoms with Gasteiger partial charge in [0.15, 0.2) is 5.78 Å². The molecule has 3 fully saturated rings. The fraction of sp³-hybridized carbons (Fsp3) is 0.833. The van der Waals surface area contributed by atoms with Crippen molar-refractivity contribution in [2.75, 3.05) is 6.54 Å². The van der Waals surface area contributed by atoms with Crippen LogP contribution in [0.25, 0.3) is 0 Å². The van der Waals surface area contributed by atoms with Gasteiger partial charge in [0.2, 0.25) is 5.91 Å². The van der Waals surface area contributed by atoms with Gasteiger partial charge in [-0.3, -0.25) is 9.59 Å². The van der Waals surface area contributed by atoms with E-state index < -0.39 is 0 Å². The first-order valence-electron chi connectivity index (χ1n) is 6.09. The Morgan fingerprint density at radius 1 is 1.13 bits per heavy atom. The Morgan fingerprint density at radius 3 is 2.87 bits per heavy atom. The van der Waals surface area contributed by atoms with Crippen LogP contribution in [-0.4, -0.2) is 28.7 Å². The summed E-state index contributed by atoms with van der Waals surface area (Å²) in [7, 11) is 0. The van der Waals surface area contributed by atoms with Gasteiger partial charge in [0.25, 0.3) is 0 Å². The zero-order valence-corrected chi connectivity index (χ0v) is 9.00. The first-order chi connectivity index (χ1) is 7.25. The minimum Gasteiger partial charge on any atom is -0.330 e. The number of ketones is 1. The summed E-state index contributed by atoms with van der Waals surface area (Å²) in [4.78, 5) is 25.9. The maximum Gasteiger partial charge on any atom is 0.223 e. The van der Waals surface area contributed by atoms with Crippen LogP contribution >= 0.6 is 0 Å². The van der Waals surface area contributed by atoms with Crippen LogP contribution in [0.15, 0.2) is 0 Å². The quantitative estimate of drug-likeness (QED) is 0.604. The zero-order chi connectivity index (χ0) is 10.5. The summed E-state index contributed by atoms with van der Waals surface area (Å²) < 4.78 is 0. The Labute approximate surface area is 89.8 Å². The zero-order valence-electron chi connectivity index (χ0n) is 9.00. The van der Waals surface area contributed by atoms with Gasteiger partial charge in [0, 0.05) is 19.4 Å². The van der Waals surface area contributed by atoms with Crippen LogP contribution in [0.4, 0.5) is 0 Å². The van der Waals surface area contributed by atoms with Crippen LogP contribution in [0.5, 0.6) is 0 Å². The Balaban J connectivity index is 2.05. The molecular formula is C12H17NO2. The van der Waals surface area contributed by atoms with E-state index in [2.05, 4.69) is 0 Å². The molecule has 1 aliphatic carbocycles. The lowest BCUT2D eigenvalue weighted by Gasteiger charge is -2.36. The minimum absolute atomic E-state index is 0.220. The molecule has 1 spiro atoms. The van der Waals surface area contributed by atoms with Gasteiger partial charge in [0.1, 0.15) is 5.54 Å². The molecule has 2 atom stereocenters. The maximum atomic E-state index is 12.1. The van der Waals surface area contributed by atoms with Crippen molar-refractivity contribution in [2.45, 2.75) is 50.5 Å². The molecule has 3 aliphatic rings. The van der Waals surface area contributed by atoms with Gasteiger partial charge in [0.05, 0.1) is 0 Å². The summed E-state index contributed by atoms with van der Waals surface area (Å²) in [6.07, 6.45) is 6.53. The van der Waals surface area contributed by atoms with E-state index in [9.17, 15) is 9.59 Å². The van der Waals surface area contributed by atoms with Crippen molar-refractivity contribution >= 4 is 11.7 Å². The normalized spacial score (nSPS) is 40.3. The molecule has 3 rings (SSSR count). The molecule has 0 aromatic heterocycles. The molecular weight excluding hydrogens is 190 g/mol. The summed E-state index contributed by atoms with van der Waals surface area (Å²) in [5.74, 6) is 1.04. The molecule has 2 aliphatic heterocycles. The fourth-order valence-electron chi connectivity index (χ4n) is 3.86. The van der Waals surface area contributed by atoms with Crippen molar-refractivity contribution < 1.29 is 9.59 Å². The molecule has 15 heavy (non-hydrogen) atoms. The van der Waals surface area contributed by atoms with Gasteiger partial charge in [-0.15, -0.1) is 0 Å². The third-order valence-electron chi connectivity index (χ3n) is 4.57. The number of rotatable bonds is 0. The van der Waals surface area contributed by atoms with Crippen LogP contribution in [0.2, 0.25) is 0 Å². The molecule has 1 amide bonds. The number of amides is 1. The molecule has 0 aromatic carbocycles. The van der Waals surface area contributed by atoms with Gasteiger partial charge in [-0.25, -0.2) is 0 Å². The van der Waals surface area contributed by atoms with E-state index in [-0.39, 0.29) is 11.4 Å². The molecule has 82 valence electrons. The molecule has 0 radical (unpaired) electrons. The Hall–Kier alpha value is -0.860. The highest BCUT2D eigenvalue weighted by molar-refractivity contribution is 5.98. The number of hydrogen-bond donors (Lipinski definition) is 0. The van der Waals surface area contributed by atoms with E-state index in [1.54, 1.807) is 0 Å². The molecule has 0 N–H and O–H groups in total. The van der Waals surface area contributed by atoms with E-state index in [1.165, 1.54) is 6.42 Å². The van der Waals surface area contributed by atoms with Crippen LogP contribution in [0, 0.1) is 5.92 Å². The number of carbonyl (C=O) groups excluding carboxylic acids is 2. The van der Waals surface area contributed by atoms with Gasteiger partial charge >= 0.3 is 0 Å². The lowest BCUT2D eigenvalue weighted by atomic mass is 9.82. The first-order valence-corrected chi connectivity index (χ1v) is 6.09. The van der Waals surface area contributed by atoms with E-state index in [0.717, 1.165) is 32.2 Å². The van der Waals surface area contributed by atoms with Crippen molar-refractivity contribution in [3.63, 3.8) is 0 Å².